The van der Waals surface area contributed by atoms with Gasteiger partial charge in [-0.3, -0.25) is 4.79 Å². The lowest BCUT2D eigenvalue weighted by atomic mass is 9.90. The maximum absolute atomic E-state index is 13.8. The first-order valence-electron chi connectivity index (χ1n) is 9.85. The molecule has 4 nitrogen and oxygen atoms in total. The Labute approximate surface area is 157 Å². The van der Waals surface area contributed by atoms with E-state index in [0.717, 1.165) is 70.2 Å². The highest BCUT2D eigenvalue weighted by Gasteiger charge is 2.59. The first-order valence-corrected chi connectivity index (χ1v) is 9.85. The Hall–Kier alpha value is -2.24. The average Bonchev–Trinajstić information content (AvgIpc) is 3.09. The number of hydrogen-bond acceptors (Lipinski definition) is 3. The number of aromatic nitrogens is 1. The normalized spacial score (nSPS) is 24.0. The molecule has 1 atom stereocenters. The van der Waals surface area contributed by atoms with Crippen LogP contribution in [0.25, 0.3) is 10.9 Å². The molecule has 142 valence electrons. The van der Waals surface area contributed by atoms with E-state index in [-0.39, 0.29) is 11.3 Å². The Morgan fingerprint density at radius 2 is 1.81 bits per heavy atom. The first kappa shape index (κ1) is 16.9. The largest absolute Gasteiger partial charge is 0.357 e. The zero-order valence-electron chi connectivity index (χ0n) is 15.3. The number of halogens is 2. The maximum atomic E-state index is 13.8. The van der Waals surface area contributed by atoms with Crippen LogP contribution in [-0.4, -0.2) is 42.0 Å². The molecule has 0 radical (unpaired) electrons. The Morgan fingerprint density at radius 3 is 2.56 bits per heavy atom. The highest BCUT2D eigenvalue weighted by atomic mass is 19.1. The van der Waals surface area contributed by atoms with E-state index in [4.69, 9.17) is 0 Å². The summed E-state index contributed by atoms with van der Waals surface area (Å²) in [5.74, 6) is 0.123. The summed E-state index contributed by atoms with van der Waals surface area (Å²) in [7, 11) is 0. The van der Waals surface area contributed by atoms with Gasteiger partial charge in [0.1, 0.15) is 17.5 Å². The minimum atomic E-state index is -0.608. The van der Waals surface area contributed by atoms with Crippen LogP contribution in [0.1, 0.15) is 32.1 Å². The number of piperidine rings is 1. The lowest BCUT2D eigenvalue weighted by molar-refractivity contribution is -0.132. The summed E-state index contributed by atoms with van der Waals surface area (Å²) in [6, 6.07) is 5.65. The fourth-order valence-electron chi connectivity index (χ4n) is 4.91. The van der Waals surface area contributed by atoms with Crippen molar-refractivity contribution < 1.29 is 13.6 Å². The lowest BCUT2D eigenvalue weighted by Crippen LogP contribution is -2.38. The molecule has 3 aliphatic rings. The molecule has 0 bridgehead atoms. The van der Waals surface area contributed by atoms with E-state index in [1.807, 2.05) is 4.90 Å². The number of nitrogens with zero attached hydrogens (tertiary/aromatic N) is 3. The molecular weight excluding hydrogens is 348 g/mol. The van der Waals surface area contributed by atoms with Crippen molar-refractivity contribution in [3.05, 3.63) is 35.9 Å². The van der Waals surface area contributed by atoms with Crippen molar-refractivity contribution >= 4 is 22.6 Å². The highest BCUT2D eigenvalue weighted by Crippen LogP contribution is 2.60. The van der Waals surface area contributed by atoms with Crippen LogP contribution >= 0.6 is 0 Å². The standard InChI is InChI=1S/C21H23F2N3O/c22-14-11-17(23)15-3-4-19(24-18(15)12-14)25-9-5-21(6-10-25)13-16(21)20(27)26-7-1-2-8-26/h3-4,11-12,16H,1-2,5-10,13H2. The SMILES string of the molecule is O=C(C1CC12CCN(c1ccc3c(F)cc(F)cc3n1)CC2)N1CCCC1. The monoisotopic (exact) mass is 371 g/mol. The maximum Gasteiger partial charge on any atom is 0.226 e. The summed E-state index contributed by atoms with van der Waals surface area (Å²) >= 11 is 0. The van der Waals surface area contributed by atoms with E-state index in [0.29, 0.717) is 16.8 Å². The van der Waals surface area contributed by atoms with E-state index in [2.05, 4.69) is 9.88 Å². The fraction of sp³-hybridized carbons (Fsp3) is 0.524. The van der Waals surface area contributed by atoms with Gasteiger partial charge in [-0.1, -0.05) is 0 Å². The Bertz CT molecular complexity index is 902. The van der Waals surface area contributed by atoms with Crippen LogP contribution in [0, 0.1) is 23.0 Å². The topological polar surface area (TPSA) is 36.4 Å². The molecule has 27 heavy (non-hydrogen) atoms. The molecular formula is C21H23F2N3O. The number of pyridine rings is 1. The van der Waals surface area contributed by atoms with E-state index in [1.165, 1.54) is 6.07 Å². The van der Waals surface area contributed by atoms with Crippen LogP contribution in [0.15, 0.2) is 24.3 Å². The van der Waals surface area contributed by atoms with Gasteiger partial charge in [0.15, 0.2) is 0 Å². The summed E-state index contributed by atoms with van der Waals surface area (Å²) in [5.41, 5.74) is 0.518. The molecule has 1 aromatic carbocycles. The third-order valence-corrected chi connectivity index (χ3v) is 6.70. The summed E-state index contributed by atoms with van der Waals surface area (Å²) in [5, 5.41) is 0.340. The third kappa shape index (κ3) is 2.86. The molecule has 3 heterocycles. The number of carbonyl (C=O) groups is 1. The van der Waals surface area contributed by atoms with Gasteiger partial charge in [0.05, 0.1) is 5.52 Å². The molecule has 1 amide bonds. The number of fused-ring (bicyclic) bond motifs is 1. The third-order valence-electron chi connectivity index (χ3n) is 6.70. The second kappa shape index (κ2) is 6.14. The zero-order chi connectivity index (χ0) is 18.6. The van der Waals surface area contributed by atoms with Gasteiger partial charge < -0.3 is 9.80 Å². The molecule has 2 saturated heterocycles. The molecule has 6 heteroatoms. The second-order valence-electron chi connectivity index (χ2n) is 8.26. The van der Waals surface area contributed by atoms with Crippen LogP contribution in [-0.2, 0) is 4.79 Å². The number of amides is 1. The van der Waals surface area contributed by atoms with Crippen molar-refractivity contribution in [2.75, 3.05) is 31.1 Å². The molecule has 5 rings (SSSR count). The van der Waals surface area contributed by atoms with Crippen molar-refractivity contribution in [3.8, 4) is 0 Å². The highest BCUT2D eigenvalue weighted by molar-refractivity contribution is 5.83. The summed E-state index contributed by atoms with van der Waals surface area (Å²) in [4.78, 5) is 21.4. The fourth-order valence-corrected chi connectivity index (χ4v) is 4.91. The van der Waals surface area contributed by atoms with Gasteiger partial charge in [0.25, 0.3) is 0 Å². The summed E-state index contributed by atoms with van der Waals surface area (Å²) in [6.45, 7) is 3.51. The van der Waals surface area contributed by atoms with E-state index in [1.54, 1.807) is 12.1 Å². The molecule has 1 unspecified atom stereocenters. The number of rotatable bonds is 2. The number of carbonyl (C=O) groups excluding carboxylic acids is 1. The van der Waals surface area contributed by atoms with Gasteiger partial charge in [0.2, 0.25) is 5.91 Å². The zero-order valence-corrected chi connectivity index (χ0v) is 15.3. The van der Waals surface area contributed by atoms with Crippen LogP contribution in [0.2, 0.25) is 0 Å². The van der Waals surface area contributed by atoms with Crippen LogP contribution in [0.3, 0.4) is 0 Å². The number of likely N-dealkylation sites (tertiary alicyclic amines) is 1. The summed E-state index contributed by atoms with van der Waals surface area (Å²) in [6.07, 6.45) is 5.24. The molecule has 1 saturated carbocycles. The van der Waals surface area contributed by atoms with Crippen LogP contribution < -0.4 is 4.90 Å². The van der Waals surface area contributed by atoms with Crippen LogP contribution in [0.4, 0.5) is 14.6 Å². The molecule has 0 N–H and O–H groups in total. The Balaban J connectivity index is 1.28. The van der Waals surface area contributed by atoms with E-state index in [9.17, 15) is 13.6 Å². The van der Waals surface area contributed by atoms with Crippen molar-refractivity contribution in [2.24, 2.45) is 11.3 Å². The Morgan fingerprint density at radius 1 is 1.07 bits per heavy atom. The molecule has 1 spiro atoms. The van der Waals surface area contributed by atoms with Gasteiger partial charge in [-0.15, -0.1) is 0 Å². The van der Waals surface area contributed by atoms with Crippen molar-refractivity contribution in [3.63, 3.8) is 0 Å². The summed E-state index contributed by atoms with van der Waals surface area (Å²) < 4.78 is 27.3. The van der Waals surface area contributed by atoms with Gasteiger partial charge in [-0.2, -0.15) is 0 Å². The minimum absolute atomic E-state index is 0.172. The van der Waals surface area contributed by atoms with Crippen LogP contribution in [0.5, 0.6) is 0 Å². The quantitative estimate of drug-likeness (QED) is 0.807. The van der Waals surface area contributed by atoms with Gasteiger partial charge in [-0.25, -0.2) is 13.8 Å². The molecule has 2 aromatic rings. The van der Waals surface area contributed by atoms with Gasteiger partial charge in [0, 0.05) is 49.6 Å². The average molecular weight is 371 g/mol. The molecule has 1 aromatic heterocycles. The molecule has 2 aliphatic heterocycles. The van der Waals surface area contributed by atoms with Crippen molar-refractivity contribution in [1.29, 1.82) is 0 Å². The van der Waals surface area contributed by atoms with Crippen molar-refractivity contribution in [2.45, 2.75) is 32.1 Å². The van der Waals surface area contributed by atoms with Crippen molar-refractivity contribution in [1.82, 2.24) is 9.88 Å². The second-order valence-corrected chi connectivity index (χ2v) is 8.26. The Kier molecular flexibility index (Phi) is 3.85. The minimum Gasteiger partial charge on any atom is -0.357 e. The smallest absolute Gasteiger partial charge is 0.226 e. The number of anilines is 1. The molecule has 1 aliphatic carbocycles. The van der Waals surface area contributed by atoms with E-state index >= 15 is 0 Å². The number of benzene rings is 1. The number of hydrogen-bond donors (Lipinski definition) is 0. The lowest BCUT2D eigenvalue weighted by Gasteiger charge is -2.34. The van der Waals surface area contributed by atoms with Gasteiger partial charge >= 0.3 is 0 Å². The predicted molar refractivity (Wildman–Crippen MR) is 99.5 cm³/mol. The molecule has 3 fully saturated rings. The van der Waals surface area contributed by atoms with E-state index < -0.39 is 11.6 Å². The first-order chi connectivity index (χ1) is 13.1. The predicted octanol–water partition coefficient (Wildman–Crippen LogP) is 3.74. The van der Waals surface area contributed by atoms with Gasteiger partial charge in [-0.05, 0) is 49.7 Å².